The van der Waals surface area contributed by atoms with Crippen molar-refractivity contribution in [2.45, 2.75) is 6.10 Å². The summed E-state index contributed by atoms with van der Waals surface area (Å²) >= 11 is 11.6. The second-order valence-electron chi connectivity index (χ2n) is 3.71. The molecule has 0 spiro atoms. The standard InChI is InChI=1S/C13H11Cl2NO2/c1-18-11-6-8(2-4-10(11)14)13(17)9-3-5-12(15)16-7-9/h2-7,13,17H,1H3. The molecule has 0 radical (unpaired) electrons. The van der Waals surface area contributed by atoms with Gasteiger partial charge in [0.15, 0.2) is 0 Å². The number of nitrogens with zero attached hydrogens (tertiary/aromatic N) is 1. The Bertz CT molecular complexity index is 543. The number of rotatable bonds is 3. The molecule has 18 heavy (non-hydrogen) atoms. The number of hydrogen-bond donors (Lipinski definition) is 1. The minimum atomic E-state index is -0.791. The minimum absolute atomic E-state index is 0.389. The van der Waals surface area contributed by atoms with Gasteiger partial charge in [0, 0.05) is 11.8 Å². The number of aliphatic hydroxyl groups is 1. The molecule has 1 aromatic heterocycles. The fourth-order valence-corrected chi connectivity index (χ4v) is 1.89. The van der Waals surface area contributed by atoms with E-state index in [2.05, 4.69) is 4.98 Å². The smallest absolute Gasteiger partial charge is 0.137 e. The quantitative estimate of drug-likeness (QED) is 0.877. The van der Waals surface area contributed by atoms with Crippen molar-refractivity contribution in [1.82, 2.24) is 4.98 Å². The molecule has 0 aliphatic carbocycles. The maximum absolute atomic E-state index is 10.2. The summed E-state index contributed by atoms with van der Waals surface area (Å²) in [5, 5.41) is 11.1. The fraction of sp³-hybridized carbons (Fsp3) is 0.154. The molecule has 1 unspecified atom stereocenters. The van der Waals surface area contributed by atoms with E-state index in [1.165, 1.54) is 13.3 Å². The molecule has 1 aromatic carbocycles. The number of methoxy groups -OCH3 is 1. The highest BCUT2D eigenvalue weighted by Gasteiger charge is 2.13. The third-order valence-corrected chi connectivity index (χ3v) is 3.09. The van der Waals surface area contributed by atoms with Crippen LogP contribution in [0.1, 0.15) is 17.2 Å². The first-order valence-corrected chi connectivity index (χ1v) is 6.00. The third kappa shape index (κ3) is 2.75. The minimum Gasteiger partial charge on any atom is -0.495 e. The highest BCUT2D eigenvalue weighted by Crippen LogP contribution is 2.30. The number of benzene rings is 1. The zero-order valence-electron chi connectivity index (χ0n) is 9.60. The van der Waals surface area contributed by atoms with Gasteiger partial charge in [-0.3, -0.25) is 0 Å². The molecule has 0 saturated heterocycles. The summed E-state index contributed by atoms with van der Waals surface area (Å²) in [6, 6.07) is 8.47. The average Bonchev–Trinajstić information content (AvgIpc) is 2.39. The van der Waals surface area contributed by atoms with Crippen molar-refractivity contribution in [3.8, 4) is 5.75 Å². The molecule has 0 aliphatic rings. The summed E-state index contributed by atoms with van der Waals surface area (Å²) in [5.74, 6) is 0.523. The van der Waals surface area contributed by atoms with Crippen molar-refractivity contribution in [3.63, 3.8) is 0 Å². The van der Waals surface area contributed by atoms with Crippen LogP contribution in [-0.4, -0.2) is 17.2 Å². The highest BCUT2D eigenvalue weighted by atomic mass is 35.5. The lowest BCUT2D eigenvalue weighted by atomic mass is 10.0. The fourth-order valence-electron chi connectivity index (χ4n) is 1.59. The first-order chi connectivity index (χ1) is 8.61. The largest absolute Gasteiger partial charge is 0.495 e. The Morgan fingerprint density at radius 3 is 2.50 bits per heavy atom. The summed E-state index contributed by atoms with van der Waals surface area (Å²) in [6.45, 7) is 0. The predicted molar refractivity (Wildman–Crippen MR) is 71.3 cm³/mol. The topological polar surface area (TPSA) is 42.4 Å². The van der Waals surface area contributed by atoms with Crippen LogP contribution in [0.25, 0.3) is 0 Å². The number of hydrogen-bond acceptors (Lipinski definition) is 3. The van der Waals surface area contributed by atoms with Crippen molar-refractivity contribution in [3.05, 3.63) is 57.8 Å². The molecule has 0 bridgehead atoms. The van der Waals surface area contributed by atoms with Crippen molar-refractivity contribution >= 4 is 23.2 Å². The Balaban J connectivity index is 2.33. The predicted octanol–water partition coefficient (Wildman–Crippen LogP) is 3.48. The molecule has 0 fully saturated rings. The van der Waals surface area contributed by atoms with E-state index in [0.29, 0.717) is 27.1 Å². The maximum atomic E-state index is 10.2. The van der Waals surface area contributed by atoms with Gasteiger partial charge in [0.25, 0.3) is 0 Å². The van der Waals surface area contributed by atoms with Crippen molar-refractivity contribution in [2.75, 3.05) is 7.11 Å². The Hall–Kier alpha value is -1.29. The van der Waals surface area contributed by atoms with Crippen LogP contribution in [0.15, 0.2) is 36.5 Å². The molecule has 3 nitrogen and oxygen atoms in total. The molecular formula is C13H11Cl2NO2. The van der Waals surface area contributed by atoms with Crippen LogP contribution in [0.2, 0.25) is 10.2 Å². The first-order valence-electron chi connectivity index (χ1n) is 5.25. The number of aromatic nitrogens is 1. The van der Waals surface area contributed by atoms with Crippen LogP contribution in [0.4, 0.5) is 0 Å². The lowest BCUT2D eigenvalue weighted by molar-refractivity contribution is 0.219. The van der Waals surface area contributed by atoms with E-state index in [4.69, 9.17) is 27.9 Å². The number of aliphatic hydroxyl groups excluding tert-OH is 1. The molecule has 0 saturated carbocycles. The van der Waals surface area contributed by atoms with Gasteiger partial charge in [-0.2, -0.15) is 0 Å². The van der Waals surface area contributed by atoms with Crippen LogP contribution < -0.4 is 4.74 Å². The zero-order chi connectivity index (χ0) is 13.1. The molecule has 2 aromatic rings. The van der Waals surface area contributed by atoms with Crippen molar-refractivity contribution in [1.29, 1.82) is 0 Å². The van der Waals surface area contributed by atoms with Gasteiger partial charge in [-0.1, -0.05) is 35.3 Å². The van der Waals surface area contributed by atoms with Crippen LogP contribution in [0, 0.1) is 0 Å². The molecule has 0 aliphatic heterocycles. The Labute approximate surface area is 115 Å². The number of pyridine rings is 1. The Morgan fingerprint density at radius 1 is 1.17 bits per heavy atom. The monoisotopic (exact) mass is 283 g/mol. The summed E-state index contributed by atoms with van der Waals surface area (Å²) in [4.78, 5) is 3.93. The molecule has 2 rings (SSSR count). The highest BCUT2D eigenvalue weighted by molar-refractivity contribution is 6.32. The van der Waals surface area contributed by atoms with Gasteiger partial charge in [0.1, 0.15) is 17.0 Å². The van der Waals surface area contributed by atoms with Crippen LogP contribution in [0.5, 0.6) is 5.75 Å². The van der Waals surface area contributed by atoms with Gasteiger partial charge in [0.2, 0.25) is 0 Å². The number of ether oxygens (including phenoxy) is 1. The van der Waals surface area contributed by atoms with E-state index in [0.717, 1.165) is 0 Å². The van der Waals surface area contributed by atoms with Gasteiger partial charge in [-0.15, -0.1) is 0 Å². The maximum Gasteiger partial charge on any atom is 0.137 e. The lowest BCUT2D eigenvalue weighted by Gasteiger charge is -2.13. The lowest BCUT2D eigenvalue weighted by Crippen LogP contribution is -2.00. The molecule has 5 heteroatoms. The Morgan fingerprint density at radius 2 is 1.89 bits per heavy atom. The van der Waals surface area contributed by atoms with Gasteiger partial charge in [0.05, 0.1) is 12.1 Å². The van der Waals surface area contributed by atoms with Crippen LogP contribution in [0.3, 0.4) is 0 Å². The number of halogens is 2. The summed E-state index contributed by atoms with van der Waals surface area (Å²) < 4.78 is 5.11. The van der Waals surface area contributed by atoms with E-state index in [1.807, 2.05) is 0 Å². The van der Waals surface area contributed by atoms with E-state index in [-0.39, 0.29) is 0 Å². The molecule has 1 heterocycles. The van der Waals surface area contributed by atoms with Gasteiger partial charge < -0.3 is 9.84 Å². The molecule has 1 N–H and O–H groups in total. The van der Waals surface area contributed by atoms with Crippen LogP contribution in [-0.2, 0) is 0 Å². The molecule has 0 amide bonds. The van der Waals surface area contributed by atoms with Crippen molar-refractivity contribution in [2.24, 2.45) is 0 Å². The zero-order valence-corrected chi connectivity index (χ0v) is 11.1. The molecular weight excluding hydrogens is 273 g/mol. The SMILES string of the molecule is COc1cc(C(O)c2ccc(Cl)nc2)ccc1Cl. The summed E-state index contributed by atoms with van der Waals surface area (Å²) in [6.07, 6.45) is 0.745. The summed E-state index contributed by atoms with van der Waals surface area (Å²) in [7, 11) is 1.53. The van der Waals surface area contributed by atoms with Gasteiger partial charge in [-0.25, -0.2) is 4.98 Å². The van der Waals surface area contributed by atoms with E-state index < -0.39 is 6.10 Å². The second kappa shape index (κ2) is 5.57. The normalized spacial score (nSPS) is 12.2. The van der Waals surface area contributed by atoms with E-state index in [1.54, 1.807) is 30.3 Å². The van der Waals surface area contributed by atoms with Gasteiger partial charge in [-0.05, 0) is 23.8 Å². The van der Waals surface area contributed by atoms with E-state index in [9.17, 15) is 5.11 Å². The second-order valence-corrected chi connectivity index (χ2v) is 4.51. The molecule has 1 atom stereocenters. The van der Waals surface area contributed by atoms with Gasteiger partial charge >= 0.3 is 0 Å². The first kappa shape index (κ1) is 13.1. The third-order valence-electron chi connectivity index (χ3n) is 2.56. The Kier molecular flexibility index (Phi) is 4.07. The van der Waals surface area contributed by atoms with Crippen molar-refractivity contribution < 1.29 is 9.84 Å². The molecule has 94 valence electrons. The van der Waals surface area contributed by atoms with E-state index >= 15 is 0 Å². The van der Waals surface area contributed by atoms with Crippen LogP contribution >= 0.6 is 23.2 Å². The summed E-state index contributed by atoms with van der Waals surface area (Å²) in [5.41, 5.74) is 1.34. The average molecular weight is 284 g/mol.